The summed E-state index contributed by atoms with van der Waals surface area (Å²) in [7, 11) is 0. The topological polar surface area (TPSA) is 84.5 Å². The van der Waals surface area contributed by atoms with Crippen molar-refractivity contribution in [1.29, 1.82) is 0 Å². The van der Waals surface area contributed by atoms with E-state index in [0.29, 0.717) is 11.3 Å². The zero-order valence-electron chi connectivity index (χ0n) is 7.86. The molecule has 76 valence electrons. The maximum Gasteiger partial charge on any atom is 0.257 e. The second kappa shape index (κ2) is 3.53. The summed E-state index contributed by atoms with van der Waals surface area (Å²) in [6.45, 7) is 0. The minimum Gasteiger partial charge on any atom is -0.399 e. The third-order valence-electron chi connectivity index (χ3n) is 1.97. The van der Waals surface area contributed by atoms with Gasteiger partial charge in [-0.2, -0.15) is 4.99 Å². The molecule has 0 spiro atoms. The second-order valence-electron chi connectivity index (χ2n) is 3.20. The third kappa shape index (κ3) is 2.01. The van der Waals surface area contributed by atoms with Gasteiger partial charge in [0.25, 0.3) is 5.91 Å². The molecule has 1 aliphatic heterocycles. The number of nitrogens with two attached hydrogens (primary N) is 1. The van der Waals surface area contributed by atoms with Gasteiger partial charge in [0, 0.05) is 11.3 Å². The van der Waals surface area contributed by atoms with Crippen LogP contribution in [0.3, 0.4) is 0 Å². The van der Waals surface area contributed by atoms with E-state index in [9.17, 15) is 9.59 Å². The minimum absolute atomic E-state index is 0.189. The summed E-state index contributed by atoms with van der Waals surface area (Å²) in [6, 6.07) is 6.83. The fourth-order valence-corrected chi connectivity index (χ4v) is 1.33. The highest BCUT2D eigenvalue weighted by atomic mass is 16.2. The molecule has 0 atom stereocenters. The van der Waals surface area contributed by atoms with Crippen LogP contribution in [0.25, 0.3) is 0 Å². The number of hydrogen-bond donors (Lipinski definition) is 2. The van der Waals surface area contributed by atoms with Crippen LogP contribution in [-0.4, -0.2) is 17.6 Å². The number of carbonyl (C=O) groups is 2. The van der Waals surface area contributed by atoms with Gasteiger partial charge in [-0.1, -0.05) is 12.1 Å². The molecule has 0 radical (unpaired) electrons. The lowest BCUT2D eigenvalue weighted by atomic mass is 10.1. The van der Waals surface area contributed by atoms with Gasteiger partial charge in [-0.15, -0.1) is 0 Å². The molecule has 2 amide bonds. The normalized spacial score (nSPS) is 15.9. The molecule has 5 heteroatoms. The van der Waals surface area contributed by atoms with E-state index in [0.717, 1.165) is 0 Å². The number of nitrogens with one attached hydrogen (secondary N) is 1. The van der Waals surface area contributed by atoms with Crippen LogP contribution in [0.1, 0.15) is 12.0 Å². The van der Waals surface area contributed by atoms with Crippen molar-refractivity contribution in [1.82, 2.24) is 5.32 Å². The Morgan fingerprint density at radius 2 is 2.13 bits per heavy atom. The van der Waals surface area contributed by atoms with Crippen molar-refractivity contribution in [3.05, 3.63) is 29.8 Å². The van der Waals surface area contributed by atoms with Gasteiger partial charge < -0.3 is 11.1 Å². The van der Waals surface area contributed by atoms with Crippen molar-refractivity contribution < 1.29 is 9.59 Å². The molecule has 3 N–H and O–H groups in total. The van der Waals surface area contributed by atoms with Crippen LogP contribution in [0.5, 0.6) is 0 Å². The van der Waals surface area contributed by atoms with Crippen LogP contribution in [-0.2, 0) is 9.59 Å². The predicted octanol–water partition coefficient (Wildman–Crippen LogP) is 0.0619. The Kier molecular flexibility index (Phi) is 2.21. The van der Waals surface area contributed by atoms with E-state index >= 15 is 0 Å². The molecule has 1 heterocycles. The first-order valence-corrected chi connectivity index (χ1v) is 4.42. The average Bonchev–Trinajstić information content (AvgIpc) is 2.16. The highest BCUT2D eigenvalue weighted by Gasteiger charge is 2.19. The molecule has 1 aromatic carbocycles. The maximum atomic E-state index is 11.1. The molecule has 0 saturated heterocycles. The average molecular weight is 203 g/mol. The van der Waals surface area contributed by atoms with Crippen LogP contribution in [0, 0.1) is 0 Å². The second-order valence-corrected chi connectivity index (χ2v) is 3.20. The molecular formula is C10H9N3O2. The minimum atomic E-state index is -0.434. The highest BCUT2D eigenvalue weighted by molar-refractivity contribution is 6.19. The summed E-state index contributed by atoms with van der Waals surface area (Å²) in [5, 5.41) is 2.52. The number of anilines is 1. The Morgan fingerprint density at radius 1 is 1.33 bits per heavy atom. The molecule has 5 nitrogen and oxygen atoms in total. The van der Waals surface area contributed by atoms with Gasteiger partial charge in [0.05, 0.1) is 0 Å². The number of benzene rings is 1. The summed E-state index contributed by atoms with van der Waals surface area (Å²) < 4.78 is 0. The van der Waals surface area contributed by atoms with E-state index in [1.165, 1.54) is 0 Å². The zero-order valence-corrected chi connectivity index (χ0v) is 7.86. The van der Waals surface area contributed by atoms with Crippen LogP contribution < -0.4 is 11.1 Å². The lowest BCUT2D eigenvalue weighted by molar-refractivity contribution is -0.127. The SMILES string of the molecule is Nc1cccc(C2=NC(=O)CC(=O)N2)c1. The Hall–Kier alpha value is -2.17. The van der Waals surface area contributed by atoms with Gasteiger partial charge in [0.2, 0.25) is 5.91 Å². The Balaban J connectivity index is 2.39. The molecule has 1 aromatic rings. The van der Waals surface area contributed by atoms with Gasteiger partial charge in [-0.25, -0.2) is 0 Å². The number of hydrogen-bond acceptors (Lipinski definition) is 3. The predicted molar refractivity (Wildman–Crippen MR) is 55.2 cm³/mol. The van der Waals surface area contributed by atoms with Gasteiger partial charge in [0.15, 0.2) is 0 Å². The van der Waals surface area contributed by atoms with Crippen molar-refractivity contribution in [2.24, 2.45) is 4.99 Å². The Bertz CT molecular complexity index is 465. The van der Waals surface area contributed by atoms with Crippen LogP contribution in [0.15, 0.2) is 29.3 Å². The van der Waals surface area contributed by atoms with Crippen LogP contribution in [0.2, 0.25) is 0 Å². The largest absolute Gasteiger partial charge is 0.399 e. The molecule has 2 rings (SSSR count). The Morgan fingerprint density at radius 3 is 2.80 bits per heavy atom. The molecule has 0 aromatic heterocycles. The van der Waals surface area contributed by atoms with E-state index in [4.69, 9.17) is 5.73 Å². The van der Waals surface area contributed by atoms with E-state index < -0.39 is 5.91 Å². The summed E-state index contributed by atoms with van der Waals surface area (Å²) in [5.41, 5.74) is 6.78. The summed E-state index contributed by atoms with van der Waals surface area (Å²) >= 11 is 0. The van der Waals surface area contributed by atoms with Crippen LogP contribution >= 0.6 is 0 Å². The maximum absolute atomic E-state index is 11.1. The van der Waals surface area contributed by atoms with Gasteiger partial charge in [-0.05, 0) is 12.1 Å². The van der Waals surface area contributed by atoms with E-state index in [1.54, 1.807) is 24.3 Å². The van der Waals surface area contributed by atoms with Crippen molar-refractivity contribution in [2.45, 2.75) is 6.42 Å². The summed E-state index contributed by atoms with van der Waals surface area (Å²) in [6.07, 6.45) is -0.189. The lowest BCUT2D eigenvalue weighted by Crippen LogP contribution is -2.37. The summed E-state index contributed by atoms with van der Waals surface area (Å²) in [5.74, 6) is -0.507. The standard InChI is InChI=1S/C10H9N3O2/c11-7-3-1-2-6(4-7)10-12-8(14)5-9(15)13-10/h1-4H,5,11H2,(H,12,13,14,15). The zero-order chi connectivity index (χ0) is 10.8. The fourth-order valence-electron chi connectivity index (χ4n) is 1.33. The molecule has 0 saturated carbocycles. The van der Waals surface area contributed by atoms with Gasteiger partial charge >= 0.3 is 0 Å². The first kappa shape index (κ1) is 9.39. The van der Waals surface area contributed by atoms with Gasteiger partial charge in [-0.3, -0.25) is 9.59 Å². The molecular weight excluding hydrogens is 194 g/mol. The molecule has 0 fully saturated rings. The number of nitrogens with zero attached hydrogens (tertiary/aromatic N) is 1. The monoisotopic (exact) mass is 203 g/mol. The van der Waals surface area contributed by atoms with Crippen molar-refractivity contribution in [3.63, 3.8) is 0 Å². The molecule has 0 bridgehead atoms. The van der Waals surface area contributed by atoms with Crippen molar-refractivity contribution in [2.75, 3.05) is 5.73 Å². The quantitative estimate of drug-likeness (QED) is 0.500. The van der Waals surface area contributed by atoms with Crippen LogP contribution in [0.4, 0.5) is 5.69 Å². The van der Waals surface area contributed by atoms with E-state index in [2.05, 4.69) is 10.3 Å². The number of aliphatic imine (C=N–C) groups is 1. The fraction of sp³-hybridized carbons (Fsp3) is 0.100. The lowest BCUT2D eigenvalue weighted by Gasteiger charge is -2.12. The molecule has 1 aliphatic rings. The smallest absolute Gasteiger partial charge is 0.257 e. The van der Waals surface area contributed by atoms with Gasteiger partial charge in [0.1, 0.15) is 12.3 Å². The number of carbonyl (C=O) groups excluding carboxylic acids is 2. The number of amidine groups is 1. The highest BCUT2D eigenvalue weighted by Crippen LogP contribution is 2.09. The van der Waals surface area contributed by atoms with E-state index in [-0.39, 0.29) is 18.2 Å². The van der Waals surface area contributed by atoms with Crippen molar-refractivity contribution >= 4 is 23.3 Å². The molecule has 0 unspecified atom stereocenters. The number of amides is 2. The van der Waals surface area contributed by atoms with E-state index in [1.807, 2.05) is 0 Å². The molecule has 15 heavy (non-hydrogen) atoms. The third-order valence-corrected chi connectivity index (χ3v) is 1.97. The number of nitrogen functional groups attached to an aromatic ring is 1. The Labute approximate surface area is 86.0 Å². The van der Waals surface area contributed by atoms with Crippen molar-refractivity contribution in [3.8, 4) is 0 Å². The molecule has 0 aliphatic carbocycles. The number of rotatable bonds is 1. The first-order chi connectivity index (χ1) is 7.15. The summed E-state index contributed by atoms with van der Waals surface area (Å²) in [4.78, 5) is 25.9. The first-order valence-electron chi connectivity index (χ1n) is 4.42.